The summed E-state index contributed by atoms with van der Waals surface area (Å²) in [6.07, 6.45) is 3.00. The fourth-order valence-corrected chi connectivity index (χ4v) is 3.78. The molecule has 0 radical (unpaired) electrons. The van der Waals surface area contributed by atoms with Gasteiger partial charge in [-0.15, -0.1) is 0 Å². The van der Waals surface area contributed by atoms with Crippen molar-refractivity contribution in [2.75, 3.05) is 6.54 Å². The van der Waals surface area contributed by atoms with E-state index in [4.69, 9.17) is 5.73 Å². The van der Waals surface area contributed by atoms with Crippen molar-refractivity contribution in [1.82, 2.24) is 4.72 Å². The molecule has 118 valence electrons. The highest BCUT2D eigenvalue weighted by Gasteiger charge is 2.45. The molecule has 4 nitrogen and oxygen atoms in total. The van der Waals surface area contributed by atoms with Crippen LogP contribution in [0.15, 0.2) is 29.2 Å². The van der Waals surface area contributed by atoms with Gasteiger partial charge in [0.15, 0.2) is 0 Å². The second-order valence-corrected chi connectivity index (χ2v) is 8.20. The van der Waals surface area contributed by atoms with E-state index in [1.165, 1.54) is 0 Å². The van der Waals surface area contributed by atoms with Crippen molar-refractivity contribution in [1.29, 1.82) is 0 Å². The Hall–Kier alpha value is -0.910. The monoisotopic (exact) mass is 310 g/mol. The maximum absolute atomic E-state index is 12.4. The van der Waals surface area contributed by atoms with E-state index in [1.54, 1.807) is 18.2 Å². The summed E-state index contributed by atoms with van der Waals surface area (Å²) in [6, 6.07) is 6.83. The van der Waals surface area contributed by atoms with Gasteiger partial charge in [-0.05, 0) is 48.3 Å². The zero-order valence-corrected chi connectivity index (χ0v) is 13.9. The molecule has 2 rings (SSSR count). The van der Waals surface area contributed by atoms with Crippen LogP contribution in [0.25, 0.3) is 0 Å². The summed E-state index contributed by atoms with van der Waals surface area (Å²) >= 11 is 0. The number of nitrogens with one attached hydrogen (secondary N) is 1. The third kappa shape index (κ3) is 3.65. The van der Waals surface area contributed by atoms with Crippen LogP contribution in [0.5, 0.6) is 0 Å². The van der Waals surface area contributed by atoms with Crippen LogP contribution in [0.2, 0.25) is 0 Å². The second-order valence-electron chi connectivity index (χ2n) is 6.43. The second kappa shape index (κ2) is 6.07. The number of nitrogens with two attached hydrogens (primary N) is 1. The lowest BCUT2D eigenvalue weighted by atomic mass is 9.93. The van der Waals surface area contributed by atoms with Gasteiger partial charge in [-0.2, -0.15) is 0 Å². The average Bonchev–Trinajstić information content (AvgIpc) is 3.26. The van der Waals surface area contributed by atoms with E-state index in [2.05, 4.69) is 18.6 Å². The Bertz CT molecular complexity index is 592. The van der Waals surface area contributed by atoms with Crippen molar-refractivity contribution in [2.45, 2.75) is 51.0 Å². The molecule has 0 saturated heterocycles. The molecule has 3 N–H and O–H groups in total. The van der Waals surface area contributed by atoms with Crippen LogP contribution in [-0.2, 0) is 10.0 Å². The van der Waals surface area contributed by atoms with E-state index in [-0.39, 0.29) is 11.5 Å². The molecule has 5 heteroatoms. The molecule has 0 bridgehead atoms. The van der Waals surface area contributed by atoms with Crippen molar-refractivity contribution in [3.63, 3.8) is 0 Å². The molecule has 0 aromatic heterocycles. The molecular weight excluding hydrogens is 284 g/mol. The third-order valence-electron chi connectivity index (χ3n) is 4.77. The first-order valence-electron chi connectivity index (χ1n) is 7.66. The Morgan fingerprint density at radius 2 is 2.00 bits per heavy atom. The molecule has 1 aliphatic rings. The van der Waals surface area contributed by atoms with Gasteiger partial charge in [0.2, 0.25) is 10.0 Å². The van der Waals surface area contributed by atoms with E-state index in [1.807, 2.05) is 13.0 Å². The zero-order chi connectivity index (χ0) is 15.7. The molecule has 1 fully saturated rings. The molecular formula is C16H26N2O2S. The minimum Gasteiger partial charge on any atom is -0.324 e. The molecule has 1 aromatic carbocycles. The Morgan fingerprint density at radius 1 is 1.33 bits per heavy atom. The number of rotatable bonds is 7. The first-order valence-corrected chi connectivity index (χ1v) is 9.14. The SMILES string of the molecule is CCC(N)c1cccc(S(=O)(=O)NCC2(C(C)C)CC2)c1. The molecule has 1 saturated carbocycles. The number of hydrogen-bond donors (Lipinski definition) is 2. The number of benzene rings is 1. The summed E-state index contributed by atoms with van der Waals surface area (Å²) in [5, 5.41) is 0. The highest BCUT2D eigenvalue weighted by Crippen LogP contribution is 2.51. The van der Waals surface area contributed by atoms with E-state index in [0.29, 0.717) is 17.4 Å². The van der Waals surface area contributed by atoms with Crippen LogP contribution in [-0.4, -0.2) is 15.0 Å². The van der Waals surface area contributed by atoms with Crippen molar-refractivity contribution >= 4 is 10.0 Å². The van der Waals surface area contributed by atoms with Gasteiger partial charge >= 0.3 is 0 Å². The van der Waals surface area contributed by atoms with E-state index in [9.17, 15) is 8.42 Å². The van der Waals surface area contributed by atoms with Crippen molar-refractivity contribution in [3.8, 4) is 0 Å². The molecule has 1 unspecified atom stereocenters. The molecule has 0 heterocycles. The van der Waals surface area contributed by atoms with E-state index in [0.717, 1.165) is 24.8 Å². The topological polar surface area (TPSA) is 72.2 Å². The Morgan fingerprint density at radius 3 is 2.52 bits per heavy atom. The van der Waals surface area contributed by atoms with E-state index >= 15 is 0 Å². The predicted molar refractivity (Wildman–Crippen MR) is 85.4 cm³/mol. The maximum atomic E-state index is 12.4. The molecule has 1 atom stereocenters. The van der Waals surface area contributed by atoms with Crippen molar-refractivity contribution < 1.29 is 8.42 Å². The lowest BCUT2D eigenvalue weighted by molar-refractivity contribution is 0.357. The average molecular weight is 310 g/mol. The first kappa shape index (κ1) is 16.5. The summed E-state index contributed by atoms with van der Waals surface area (Å²) in [6.45, 7) is 6.82. The van der Waals surface area contributed by atoms with Crippen LogP contribution in [0.1, 0.15) is 51.6 Å². The highest BCUT2D eigenvalue weighted by atomic mass is 32.2. The van der Waals surface area contributed by atoms with Crippen LogP contribution in [0.3, 0.4) is 0 Å². The lowest BCUT2D eigenvalue weighted by Crippen LogP contribution is -2.32. The normalized spacial score (nSPS) is 18.7. The largest absolute Gasteiger partial charge is 0.324 e. The zero-order valence-electron chi connectivity index (χ0n) is 13.1. The van der Waals surface area contributed by atoms with Crippen molar-refractivity contribution in [3.05, 3.63) is 29.8 Å². The highest BCUT2D eigenvalue weighted by molar-refractivity contribution is 7.89. The van der Waals surface area contributed by atoms with E-state index < -0.39 is 10.0 Å². The fraction of sp³-hybridized carbons (Fsp3) is 0.625. The Balaban J connectivity index is 2.13. The molecule has 0 spiro atoms. The summed E-state index contributed by atoms with van der Waals surface area (Å²) in [5.41, 5.74) is 7.01. The lowest BCUT2D eigenvalue weighted by Gasteiger charge is -2.20. The quantitative estimate of drug-likeness (QED) is 0.813. The van der Waals surface area contributed by atoms with Gasteiger partial charge in [0.25, 0.3) is 0 Å². The minimum atomic E-state index is -3.46. The van der Waals surface area contributed by atoms with Gasteiger partial charge in [0.05, 0.1) is 4.90 Å². The van der Waals surface area contributed by atoms with Gasteiger partial charge in [0, 0.05) is 12.6 Å². The van der Waals surface area contributed by atoms with Crippen LogP contribution in [0, 0.1) is 11.3 Å². The molecule has 1 aliphatic carbocycles. The summed E-state index contributed by atoms with van der Waals surface area (Å²) in [7, 11) is -3.46. The Kier molecular flexibility index (Phi) is 4.76. The molecule has 0 aliphatic heterocycles. The fourth-order valence-electron chi connectivity index (χ4n) is 2.59. The summed E-state index contributed by atoms with van der Waals surface area (Å²) in [4.78, 5) is 0.309. The molecule has 1 aromatic rings. The Labute approximate surface area is 128 Å². The number of sulfonamides is 1. The predicted octanol–water partition coefficient (Wildman–Crippen LogP) is 2.81. The van der Waals surface area contributed by atoms with Gasteiger partial charge < -0.3 is 5.73 Å². The summed E-state index contributed by atoms with van der Waals surface area (Å²) in [5.74, 6) is 0.500. The smallest absolute Gasteiger partial charge is 0.240 e. The van der Waals surface area contributed by atoms with Crippen LogP contribution < -0.4 is 10.5 Å². The van der Waals surface area contributed by atoms with Gasteiger partial charge in [0.1, 0.15) is 0 Å². The van der Waals surface area contributed by atoms with Crippen LogP contribution >= 0.6 is 0 Å². The van der Waals surface area contributed by atoms with Gasteiger partial charge in [-0.1, -0.05) is 32.9 Å². The first-order chi connectivity index (χ1) is 9.81. The van der Waals surface area contributed by atoms with Gasteiger partial charge in [-0.25, -0.2) is 13.1 Å². The summed E-state index contributed by atoms with van der Waals surface area (Å²) < 4.78 is 27.7. The van der Waals surface area contributed by atoms with Crippen molar-refractivity contribution in [2.24, 2.45) is 17.1 Å². The standard InChI is InChI=1S/C16H26N2O2S/c1-4-15(17)13-6-5-7-14(10-13)21(19,20)18-11-16(8-9-16)12(2)3/h5-7,10,12,15,18H,4,8-9,11,17H2,1-3H3. The van der Waals surface area contributed by atoms with Crippen LogP contribution in [0.4, 0.5) is 0 Å². The molecule has 0 amide bonds. The minimum absolute atomic E-state index is 0.120. The van der Waals surface area contributed by atoms with Gasteiger partial charge in [-0.3, -0.25) is 0 Å². The maximum Gasteiger partial charge on any atom is 0.240 e. The third-order valence-corrected chi connectivity index (χ3v) is 6.17. The number of hydrogen-bond acceptors (Lipinski definition) is 3. The molecule has 21 heavy (non-hydrogen) atoms.